The molecule has 1 N–H and O–H groups in total. The standard InChI is InChI=1S/C12H15NO2/c1-12(10-5-3-2-4-6-10)7-8-13-11(14)9-15-12/h2-6H,7-9H2,1H3,(H,13,14). The molecule has 3 nitrogen and oxygen atoms in total. The van der Waals surface area contributed by atoms with E-state index in [-0.39, 0.29) is 18.1 Å². The second-order valence-electron chi connectivity index (χ2n) is 3.99. The summed E-state index contributed by atoms with van der Waals surface area (Å²) in [5, 5.41) is 2.81. The summed E-state index contributed by atoms with van der Waals surface area (Å²) in [6.07, 6.45) is 0.808. The van der Waals surface area contributed by atoms with E-state index in [4.69, 9.17) is 4.74 Å². The van der Waals surface area contributed by atoms with Crippen molar-refractivity contribution in [2.24, 2.45) is 0 Å². The molecule has 1 aromatic rings. The molecule has 1 unspecified atom stereocenters. The Morgan fingerprint density at radius 3 is 2.80 bits per heavy atom. The van der Waals surface area contributed by atoms with Crippen molar-refractivity contribution in [2.75, 3.05) is 13.2 Å². The molecule has 0 aromatic heterocycles. The number of benzene rings is 1. The van der Waals surface area contributed by atoms with Gasteiger partial charge in [-0.2, -0.15) is 0 Å². The Kier molecular flexibility index (Phi) is 2.73. The van der Waals surface area contributed by atoms with Gasteiger partial charge in [-0.1, -0.05) is 30.3 Å². The lowest BCUT2D eigenvalue weighted by atomic mass is 9.92. The highest BCUT2D eigenvalue weighted by molar-refractivity contribution is 5.77. The molecule has 0 bridgehead atoms. The smallest absolute Gasteiger partial charge is 0.246 e. The Morgan fingerprint density at radius 1 is 1.33 bits per heavy atom. The summed E-state index contributed by atoms with van der Waals surface area (Å²) in [7, 11) is 0. The topological polar surface area (TPSA) is 38.3 Å². The molecule has 15 heavy (non-hydrogen) atoms. The minimum absolute atomic E-state index is 0.0327. The first-order valence-electron chi connectivity index (χ1n) is 5.17. The molecule has 0 saturated carbocycles. The quantitative estimate of drug-likeness (QED) is 0.753. The molecular weight excluding hydrogens is 190 g/mol. The Morgan fingerprint density at radius 2 is 2.07 bits per heavy atom. The van der Waals surface area contributed by atoms with E-state index >= 15 is 0 Å². The van der Waals surface area contributed by atoms with Crippen molar-refractivity contribution >= 4 is 5.91 Å². The minimum Gasteiger partial charge on any atom is -0.361 e. The lowest BCUT2D eigenvalue weighted by Gasteiger charge is -2.27. The normalized spacial score (nSPS) is 26.9. The zero-order chi connectivity index (χ0) is 10.7. The van der Waals surface area contributed by atoms with Gasteiger partial charge in [-0.3, -0.25) is 4.79 Å². The van der Waals surface area contributed by atoms with Crippen LogP contribution in [0, 0.1) is 0 Å². The van der Waals surface area contributed by atoms with Gasteiger partial charge < -0.3 is 10.1 Å². The molecule has 1 heterocycles. The van der Waals surface area contributed by atoms with Crippen LogP contribution >= 0.6 is 0 Å². The number of amides is 1. The summed E-state index contributed by atoms with van der Waals surface area (Å²) in [5.74, 6) is -0.0327. The second kappa shape index (κ2) is 4.03. The number of hydrogen-bond donors (Lipinski definition) is 1. The third-order valence-electron chi connectivity index (χ3n) is 2.83. The molecule has 1 amide bonds. The fourth-order valence-corrected chi connectivity index (χ4v) is 1.81. The number of ether oxygens (including phenoxy) is 1. The van der Waals surface area contributed by atoms with E-state index < -0.39 is 0 Å². The molecule has 1 fully saturated rings. The Hall–Kier alpha value is -1.35. The van der Waals surface area contributed by atoms with Crippen LogP contribution in [0.5, 0.6) is 0 Å². The van der Waals surface area contributed by atoms with Crippen molar-refractivity contribution in [2.45, 2.75) is 18.9 Å². The third-order valence-corrected chi connectivity index (χ3v) is 2.83. The molecule has 1 aliphatic heterocycles. The van der Waals surface area contributed by atoms with Crippen LogP contribution in [0.2, 0.25) is 0 Å². The maximum absolute atomic E-state index is 11.2. The van der Waals surface area contributed by atoms with Crippen LogP contribution in [-0.2, 0) is 15.1 Å². The summed E-state index contributed by atoms with van der Waals surface area (Å²) >= 11 is 0. The van der Waals surface area contributed by atoms with Crippen molar-refractivity contribution in [3.8, 4) is 0 Å². The zero-order valence-electron chi connectivity index (χ0n) is 8.82. The number of rotatable bonds is 1. The van der Waals surface area contributed by atoms with E-state index in [1.165, 1.54) is 0 Å². The molecule has 1 aromatic carbocycles. The highest BCUT2D eigenvalue weighted by Crippen LogP contribution is 2.29. The largest absolute Gasteiger partial charge is 0.361 e. The first-order valence-corrected chi connectivity index (χ1v) is 5.17. The molecule has 1 aliphatic rings. The average Bonchev–Trinajstić information content (AvgIpc) is 2.44. The summed E-state index contributed by atoms with van der Waals surface area (Å²) in [6.45, 7) is 2.85. The van der Waals surface area contributed by atoms with Crippen molar-refractivity contribution in [3.63, 3.8) is 0 Å². The summed E-state index contributed by atoms with van der Waals surface area (Å²) < 4.78 is 5.68. The van der Waals surface area contributed by atoms with Crippen LogP contribution in [0.25, 0.3) is 0 Å². The van der Waals surface area contributed by atoms with E-state index in [0.29, 0.717) is 6.54 Å². The summed E-state index contributed by atoms with van der Waals surface area (Å²) in [4.78, 5) is 11.2. The molecule has 0 radical (unpaired) electrons. The lowest BCUT2D eigenvalue weighted by Crippen LogP contribution is -2.26. The first kappa shape index (κ1) is 10.2. The lowest BCUT2D eigenvalue weighted by molar-refractivity contribution is -0.129. The molecule has 0 aliphatic carbocycles. The molecule has 80 valence electrons. The second-order valence-corrected chi connectivity index (χ2v) is 3.99. The average molecular weight is 205 g/mol. The van der Waals surface area contributed by atoms with Gasteiger partial charge in [-0.15, -0.1) is 0 Å². The van der Waals surface area contributed by atoms with E-state index in [9.17, 15) is 4.79 Å². The van der Waals surface area contributed by atoms with Crippen LogP contribution in [0.4, 0.5) is 0 Å². The number of nitrogens with one attached hydrogen (secondary N) is 1. The van der Waals surface area contributed by atoms with Crippen LogP contribution in [0.3, 0.4) is 0 Å². The van der Waals surface area contributed by atoms with Gasteiger partial charge in [0.1, 0.15) is 6.61 Å². The van der Waals surface area contributed by atoms with Crippen LogP contribution in [0.1, 0.15) is 18.9 Å². The maximum atomic E-state index is 11.2. The summed E-state index contributed by atoms with van der Waals surface area (Å²) in [6, 6.07) is 10.0. The molecule has 1 atom stereocenters. The fourth-order valence-electron chi connectivity index (χ4n) is 1.81. The number of hydrogen-bond acceptors (Lipinski definition) is 2. The van der Waals surface area contributed by atoms with Crippen molar-refractivity contribution in [1.82, 2.24) is 5.32 Å². The molecule has 0 spiro atoms. The highest BCUT2D eigenvalue weighted by Gasteiger charge is 2.30. The van der Waals surface area contributed by atoms with Crippen LogP contribution < -0.4 is 5.32 Å². The van der Waals surface area contributed by atoms with E-state index in [2.05, 4.69) is 5.32 Å². The Balaban J connectivity index is 2.22. The van der Waals surface area contributed by atoms with Gasteiger partial charge in [0.05, 0.1) is 5.60 Å². The molecule has 2 rings (SSSR count). The first-order chi connectivity index (χ1) is 7.21. The number of carbonyl (C=O) groups is 1. The van der Waals surface area contributed by atoms with Gasteiger partial charge in [0.2, 0.25) is 5.91 Å². The molecule has 3 heteroatoms. The van der Waals surface area contributed by atoms with E-state index in [0.717, 1.165) is 12.0 Å². The van der Waals surface area contributed by atoms with Crippen molar-refractivity contribution in [1.29, 1.82) is 0 Å². The van der Waals surface area contributed by atoms with Gasteiger partial charge in [0, 0.05) is 6.54 Å². The third kappa shape index (κ3) is 2.18. The van der Waals surface area contributed by atoms with Crippen molar-refractivity contribution in [3.05, 3.63) is 35.9 Å². The van der Waals surface area contributed by atoms with Gasteiger partial charge in [-0.25, -0.2) is 0 Å². The van der Waals surface area contributed by atoms with E-state index in [1.54, 1.807) is 0 Å². The number of carbonyl (C=O) groups excluding carboxylic acids is 1. The minimum atomic E-state index is -0.347. The van der Waals surface area contributed by atoms with Gasteiger partial charge in [0.15, 0.2) is 0 Å². The van der Waals surface area contributed by atoms with Gasteiger partial charge in [0.25, 0.3) is 0 Å². The zero-order valence-corrected chi connectivity index (χ0v) is 8.82. The predicted molar refractivity (Wildman–Crippen MR) is 57.4 cm³/mol. The van der Waals surface area contributed by atoms with Gasteiger partial charge >= 0.3 is 0 Å². The SMILES string of the molecule is CC1(c2ccccc2)CCNC(=O)CO1. The fraction of sp³-hybridized carbons (Fsp3) is 0.417. The van der Waals surface area contributed by atoms with E-state index in [1.807, 2.05) is 37.3 Å². The maximum Gasteiger partial charge on any atom is 0.246 e. The predicted octanol–water partition coefficient (Wildman–Crippen LogP) is 1.44. The van der Waals surface area contributed by atoms with Crippen LogP contribution in [-0.4, -0.2) is 19.1 Å². The highest BCUT2D eigenvalue weighted by atomic mass is 16.5. The van der Waals surface area contributed by atoms with Gasteiger partial charge in [-0.05, 0) is 18.9 Å². The Bertz CT molecular complexity index is 350. The van der Waals surface area contributed by atoms with Crippen molar-refractivity contribution < 1.29 is 9.53 Å². The van der Waals surface area contributed by atoms with Crippen LogP contribution in [0.15, 0.2) is 30.3 Å². The summed E-state index contributed by atoms with van der Waals surface area (Å²) in [5.41, 5.74) is 0.780. The molecule has 1 saturated heterocycles. The monoisotopic (exact) mass is 205 g/mol. The Labute approximate surface area is 89.4 Å². The molecular formula is C12H15NO2.